The quantitative estimate of drug-likeness (QED) is 0.563. The summed E-state index contributed by atoms with van der Waals surface area (Å²) in [6.07, 6.45) is 2.18. The summed E-state index contributed by atoms with van der Waals surface area (Å²) in [5.74, 6) is 3.19. The first-order chi connectivity index (χ1) is 5.08. The molecular weight excluding hydrogens is 164 g/mol. The summed E-state index contributed by atoms with van der Waals surface area (Å²) in [5, 5.41) is 0. The molecule has 0 aliphatic heterocycles. The molecule has 4 rings (SSSR count). The van der Waals surface area contributed by atoms with E-state index in [0.29, 0.717) is 5.92 Å². The lowest BCUT2D eigenvalue weighted by Gasteiger charge is -2.07. The minimum Gasteiger partial charge on any atom is -0.267 e. The molecular formula is C7H10O3S. The molecule has 4 saturated carbocycles. The van der Waals surface area contributed by atoms with Crippen LogP contribution in [0.3, 0.4) is 0 Å². The van der Waals surface area contributed by atoms with Crippen molar-refractivity contribution in [3.63, 3.8) is 0 Å². The highest BCUT2D eigenvalue weighted by Crippen LogP contribution is 2.82. The third-order valence-corrected chi connectivity index (χ3v) is 3.87. The second-order valence-electron chi connectivity index (χ2n) is 3.97. The molecule has 0 spiro atoms. The third-order valence-electron chi connectivity index (χ3n) is 3.27. The molecule has 0 heterocycles. The monoisotopic (exact) mass is 174 g/mol. The Hall–Kier alpha value is -0.0900. The Labute approximate surface area is 65.9 Å². The summed E-state index contributed by atoms with van der Waals surface area (Å²) in [7, 11) is -3.20. The van der Waals surface area contributed by atoms with E-state index in [2.05, 4.69) is 0 Å². The van der Waals surface area contributed by atoms with Crippen LogP contribution >= 0.6 is 0 Å². The first-order valence-electron chi connectivity index (χ1n) is 3.96. The van der Waals surface area contributed by atoms with Crippen molar-refractivity contribution in [2.75, 3.05) is 6.26 Å². The van der Waals surface area contributed by atoms with Crippen molar-refractivity contribution in [2.24, 2.45) is 23.7 Å². The Kier molecular flexibility index (Phi) is 0.876. The fourth-order valence-electron chi connectivity index (χ4n) is 2.80. The largest absolute Gasteiger partial charge is 0.267 e. The van der Waals surface area contributed by atoms with Gasteiger partial charge in [-0.15, -0.1) is 0 Å². The van der Waals surface area contributed by atoms with Crippen molar-refractivity contribution in [3.05, 3.63) is 0 Å². The van der Waals surface area contributed by atoms with E-state index >= 15 is 0 Å². The molecule has 0 saturated heterocycles. The predicted molar refractivity (Wildman–Crippen MR) is 38.3 cm³/mol. The van der Waals surface area contributed by atoms with Crippen molar-refractivity contribution in [1.29, 1.82) is 0 Å². The number of hydrogen-bond acceptors (Lipinski definition) is 3. The molecule has 4 aliphatic rings. The Bertz CT molecular complexity index is 291. The highest BCUT2D eigenvalue weighted by molar-refractivity contribution is 7.86. The van der Waals surface area contributed by atoms with E-state index < -0.39 is 10.1 Å². The standard InChI is InChI=1S/C7H10O3S/c1-11(8,9)10-4-2-3-5-6(3)7(4)5/h3-7H,2H2,1H3/t3?,4-,5+,6?,7?/m0/s1. The first-order valence-corrected chi connectivity index (χ1v) is 5.78. The van der Waals surface area contributed by atoms with Gasteiger partial charge in [0.2, 0.25) is 0 Å². The second-order valence-corrected chi connectivity index (χ2v) is 5.57. The van der Waals surface area contributed by atoms with Gasteiger partial charge in [-0.1, -0.05) is 0 Å². The average molecular weight is 174 g/mol. The average Bonchev–Trinajstić information content (AvgIpc) is 2.60. The van der Waals surface area contributed by atoms with Gasteiger partial charge in [-0.2, -0.15) is 8.42 Å². The van der Waals surface area contributed by atoms with E-state index in [1.54, 1.807) is 0 Å². The number of fused-ring (bicyclic) bond motifs is 1. The predicted octanol–water partition coefficient (Wildman–Crippen LogP) is 0.227. The zero-order valence-corrected chi connectivity index (χ0v) is 7.04. The maximum atomic E-state index is 10.7. The zero-order chi connectivity index (χ0) is 7.80. The van der Waals surface area contributed by atoms with Gasteiger partial charge in [-0.25, -0.2) is 0 Å². The lowest BCUT2D eigenvalue weighted by atomic mass is 10.2. The highest BCUT2D eigenvalue weighted by Gasteiger charge is 2.81. The van der Waals surface area contributed by atoms with Crippen molar-refractivity contribution < 1.29 is 12.6 Å². The maximum Gasteiger partial charge on any atom is 0.264 e. The molecule has 2 bridgehead atoms. The molecule has 0 amide bonds. The Morgan fingerprint density at radius 1 is 1.27 bits per heavy atom. The van der Waals surface area contributed by atoms with E-state index in [4.69, 9.17) is 4.18 Å². The minimum absolute atomic E-state index is 0.0463. The van der Waals surface area contributed by atoms with Crippen LogP contribution in [0.25, 0.3) is 0 Å². The molecule has 0 N–H and O–H groups in total. The SMILES string of the molecule is CS(=O)(=O)O[C@H]1CC2C3C1[C@H]23. The van der Waals surface area contributed by atoms with E-state index in [-0.39, 0.29) is 6.10 Å². The van der Waals surface area contributed by atoms with Crippen molar-refractivity contribution >= 4 is 10.1 Å². The fraction of sp³-hybridized carbons (Fsp3) is 1.00. The molecule has 4 aliphatic carbocycles. The zero-order valence-electron chi connectivity index (χ0n) is 6.23. The van der Waals surface area contributed by atoms with Crippen LogP contribution in [0.1, 0.15) is 6.42 Å². The summed E-state index contributed by atoms with van der Waals surface area (Å²) < 4.78 is 26.4. The molecule has 3 nitrogen and oxygen atoms in total. The number of hydrogen-bond donors (Lipinski definition) is 0. The van der Waals surface area contributed by atoms with Gasteiger partial charge in [0, 0.05) is 0 Å². The first kappa shape index (κ1) is 6.43. The van der Waals surface area contributed by atoms with Gasteiger partial charge >= 0.3 is 0 Å². The van der Waals surface area contributed by atoms with Crippen LogP contribution in [0.2, 0.25) is 0 Å². The highest BCUT2D eigenvalue weighted by atomic mass is 32.2. The summed E-state index contributed by atoms with van der Waals surface area (Å²) in [6, 6.07) is 0. The van der Waals surface area contributed by atoms with E-state index in [1.165, 1.54) is 0 Å². The smallest absolute Gasteiger partial charge is 0.264 e. The molecule has 5 atom stereocenters. The summed E-state index contributed by atoms with van der Waals surface area (Å²) in [5.41, 5.74) is 0. The van der Waals surface area contributed by atoms with E-state index in [9.17, 15) is 8.42 Å². The molecule has 0 radical (unpaired) electrons. The van der Waals surface area contributed by atoms with Gasteiger partial charge in [0.15, 0.2) is 0 Å². The molecule has 0 aromatic heterocycles. The van der Waals surface area contributed by atoms with E-state index in [1.807, 2.05) is 0 Å². The summed E-state index contributed by atoms with van der Waals surface area (Å²) >= 11 is 0. The molecule has 3 unspecified atom stereocenters. The normalized spacial score (nSPS) is 57.4. The van der Waals surface area contributed by atoms with Crippen molar-refractivity contribution in [2.45, 2.75) is 12.5 Å². The lowest BCUT2D eigenvalue weighted by molar-refractivity contribution is 0.206. The molecule has 0 aromatic carbocycles. The Morgan fingerprint density at radius 3 is 2.27 bits per heavy atom. The van der Waals surface area contributed by atoms with Gasteiger partial charge in [0.25, 0.3) is 10.1 Å². The van der Waals surface area contributed by atoms with Crippen LogP contribution < -0.4 is 0 Å². The van der Waals surface area contributed by atoms with Crippen LogP contribution in [0.15, 0.2) is 0 Å². The van der Waals surface area contributed by atoms with E-state index in [0.717, 1.165) is 30.4 Å². The summed E-state index contributed by atoms with van der Waals surface area (Å²) in [6.45, 7) is 0. The second kappa shape index (κ2) is 1.50. The molecule has 62 valence electrons. The maximum absolute atomic E-state index is 10.7. The topological polar surface area (TPSA) is 43.4 Å². The Balaban J connectivity index is 1.73. The summed E-state index contributed by atoms with van der Waals surface area (Å²) in [4.78, 5) is 0. The van der Waals surface area contributed by atoms with Crippen molar-refractivity contribution in [1.82, 2.24) is 0 Å². The molecule has 4 heteroatoms. The third kappa shape index (κ3) is 0.742. The Morgan fingerprint density at radius 2 is 1.91 bits per heavy atom. The van der Waals surface area contributed by atoms with Crippen LogP contribution in [0.5, 0.6) is 0 Å². The van der Waals surface area contributed by atoms with Gasteiger partial charge in [-0.05, 0) is 30.1 Å². The van der Waals surface area contributed by atoms with Gasteiger partial charge < -0.3 is 0 Å². The lowest BCUT2D eigenvalue weighted by Crippen LogP contribution is -2.15. The van der Waals surface area contributed by atoms with Gasteiger partial charge in [-0.3, -0.25) is 4.18 Å². The minimum atomic E-state index is -3.20. The van der Waals surface area contributed by atoms with Gasteiger partial charge in [0.1, 0.15) is 0 Å². The van der Waals surface area contributed by atoms with Crippen molar-refractivity contribution in [3.8, 4) is 0 Å². The molecule has 4 fully saturated rings. The van der Waals surface area contributed by atoms with Crippen LogP contribution in [-0.2, 0) is 14.3 Å². The number of rotatable bonds is 2. The van der Waals surface area contributed by atoms with Crippen LogP contribution in [0, 0.1) is 23.7 Å². The molecule has 11 heavy (non-hydrogen) atoms. The van der Waals surface area contributed by atoms with Crippen LogP contribution in [0.4, 0.5) is 0 Å². The van der Waals surface area contributed by atoms with Gasteiger partial charge in [0.05, 0.1) is 12.4 Å². The molecule has 0 aromatic rings. The fourth-order valence-corrected chi connectivity index (χ4v) is 3.46. The van der Waals surface area contributed by atoms with Crippen LogP contribution in [-0.4, -0.2) is 20.8 Å².